The normalized spacial score (nSPS) is 11.3. The smallest absolute Gasteiger partial charge is 0.332 e. The van der Waals surface area contributed by atoms with Crippen LogP contribution in [0.3, 0.4) is 0 Å². The molecule has 0 unspecified atom stereocenters. The quantitative estimate of drug-likeness (QED) is 0.487. The molecule has 0 fully saturated rings. The highest BCUT2D eigenvalue weighted by molar-refractivity contribution is 6.32. The fourth-order valence-electron chi connectivity index (χ4n) is 1.23. The topological polar surface area (TPSA) is 108 Å². The molecule has 0 aliphatic carbocycles. The van der Waals surface area contributed by atoms with Crippen molar-refractivity contribution in [2.24, 2.45) is 10.8 Å². The van der Waals surface area contributed by atoms with Crippen LogP contribution in [-0.4, -0.2) is 22.0 Å². The number of benzene rings is 1. The van der Waals surface area contributed by atoms with Gasteiger partial charge in [-0.25, -0.2) is 10.2 Å². The summed E-state index contributed by atoms with van der Waals surface area (Å²) in [6.45, 7) is 1.78. The summed E-state index contributed by atoms with van der Waals surface area (Å²) in [5.74, 6) is -0.412. The summed E-state index contributed by atoms with van der Waals surface area (Å²) in [5.41, 5.74) is 7.66. The molecular formula is C10H12ClN3O3. The fraction of sp³-hybridized carbons (Fsp3) is 0.200. The van der Waals surface area contributed by atoms with Crippen LogP contribution in [0.1, 0.15) is 18.9 Å². The van der Waals surface area contributed by atoms with E-state index in [1.165, 1.54) is 6.07 Å². The molecule has 92 valence electrons. The van der Waals surface area contributed by atoms with E-state index < -0.39 is 6.03 Å². The van der Waals surface area contributed by atoms with Gasteiger partial charge < -0.3 is 15.9 Å². The second-order valence-corrected chi connectivity index (χ2v) is 3.62. The molecule has 0 aliphatic rings. The van der Waals surface area contributed by atoms with Crippen LogP contribution in [0, 0.1) is 0 Å². The van der Waals surface area contributed by atoms with Crippen LogP contribution in [0.25, 0.3) is 0 Å². The highest BCUT2D eigenvalue weighted by Crippen LogP contribution is 2.31. The minimum Gasteiger partial charge on any atom is -0.507 e. The second kappa shape index (κ2) is 5.40. The van der Waals surface area contributed by atoms with Crippen molar-refractivity contribution >= 4 is 23.3 Å². The number of carbonyl (C=O) groups excluding carboxylic acids is 1. The van der Waals surface area contributed by atoms with Crippen molar-refractivity contribution in [3.63, 3.8) is 0 Å². The zero-order valence-corrected chi connectivity index (χ0v) is 9.82. The van der Waals surface area contributed by atoms with E-state index in [4.69, 9.17) is 17.3 Å². The van der Waals surface area contributed by atoms with Gasteiger partial charge in [0.1, 0.15) is 11.5 Å². The number of phenolic OH excluding ortho intramolecular Hbond substituents is 2. The van der Waals surface area contributed by atoms with Crippen molar-refractivity contribution < 1.29 is 15.0 Å². The van der Waals surface area contributed by atoms with Crippen LogP contribution in [0.2, 0.25) is 5.02 Å². The number of phenols is 2. The Morgan fingerprint density at radius 1 is 1.47 bits per heavy atom. The highest BCUT2D eigenvalue weighted by atomic mass is 35.5. The van der Waals surface area contributed by atoms with Gasteiger partial charge in [0.15, 0.2) is 0 Å². The van der Waals surface area contributed by atoms with Gasteiger partial charge in [-0.05, 0) is 12.5 Å². The Kier molecular flexibility index (Phi) is 4.17. The van der Waals surface area contributed by atoms with E-state index in [-0.39, 0.29) is 16.5 Å². The second-order valence-electron chi connectivity index (χ2n) is 3.21. The van der Waals surface area contributed by atoms with Crippen LogP contribution < -0.4 is 11.2 Å². The van der Waals surface area contributed by atoms with Crippen LogP contribution in [-0.2, 0) is 0 Å². The predicted molar refractivity (Wildman–Crippen MR) is 64.3 cm³/mol. The van der Waals surface area contributed by atoms with E-state index in [9.17, 15) is 15.0 Å². The Morgan fingerprint density at radius 2 is 2.12 bits per heavy atom. The number of aromatic hydroxyl groups is 2. The number of hydrogen-bond donors (Lipinski definition) is 4. The molecule has 0 atom stereocenters. The van der Waals surface area contributed by atoms with Gasteiger partial charge in [-0.3, -0.25) is 0 Å². The molecule has 0 bridgehead atoms. The first-order valence-electron chi connectivity index (χ1n) is 4.79. The first kappa shape index (κ1) is 13.1. The van der Waals surface area contributed by atoms with Crippen molar-refractivity contribution in [2.45, 2.75) is 13.3 Å². The van der Waals surface area contributed by atoms with Crippen molar-refractivity contribution in [3.05, 3.63) is 22.7 Å². The number of nitrogens with one attached hydrogen (secondary N) is 1. The average molecular weight is 258 g/mol. The molecule has 0 aliphatic heterocycles. The van der Waals surface area contributed by atoms with E-state index in [2.05, 4.69) is 10.5 Å². The SMILES string of the molecule is CCC(=NNC(N)=O)c1cc(Cl)c(O)cc1O. The molecule has 0 saturated heterocycles. The van der Waals surface area contributed by atoms with E-state index >= 15 is 0 Å². The zero-order valence-electron chi connectivity index (χ0n) is 9.07. The largest absolute Gasteiger partial charge is 0.507 e. The molecule has 6 nitrogen and oxygen atoms in total. The number of carbonyl (C=O) groups is 1. The third-order valence-electron chi connectivity index (χ3n) is 2.01. The first-order chi connectivity index (χ1) is 7.95. The zero-order chi connectivity index (χ0) is 13.0. The van der Waals surface area contributed by atoms with E-state index in [1.54, 1.807) is 6.92 Å². The van der Waals surface area contributed by atoms with Gasteiger partial charge in [-0.2, -0.15) is 5.10 Å². The summed E-state index contributed by atoms with van der Waals surface area (Å²) in [7, 11) is 0. The van der Waals surface area contributed by atoms with Crippen LogP contribution in [0.4, 0.5) is 4.79 Å². The molecule has 2 amide bonds. The Hall–Kier alpha value is -1.95. The lowest BCUT2D eigenvalue weighted by molar-refractivity contribution is 0.249. The maximum Gasteiger partial charge on any atom is 0.332 e. The van der Waals surface area contributed by atoms with Crippen LogP contribution in [0.5, 0.6) is 11.5 Å². The molecule has 0 aromatic heterocycles. The lowest BCUT2D eigenvalue weighted by atomic mass is 10.1. The maximum atomic E-state index is 10.5. The molecule has 17 heavy (non-hydrogen) atoms. The maximum absolute atomic E-state index is 10.5. The molecule has 0 heterocycles. The number of nitrogens with two attached hydrogens (primary N) is 1. The summed E-state index contributed by atoms with van der Waals surface area (Å²) in [6, 6.07) is 1.66. The average Bonchev–Trinajstić information content (AvgIpc) is 2.25. The van der Waals surface area contributed by atoms with Gasteiger partial charge in [0.2, 0.25) is 0 Å². The number of hydrazone groups is 1. The van der Waals surface area contributed by atoms with Crippen molar-refractivity contribution in [3.8, 4) is 11.5 Å². The van der Waals surface area contributed by atoms with E-state index in [0.29, 0.717) is 17.7 Å². The van der Waals surface area contributed by atoms with Gasteiger partial charge in [0.05, 0.1) is 10.7 Å². The lowest BCUT2D eigenvalue weighted by Crippen LogP contribution is -2.25. The van der Waals surface area contributed by atoms with Gasteiger partial charge in [0, 0.05) is 11.6 Å². The fourth-order valence-corrected chi connectivity index (χ4v) is 1.40. The molecule has 1 aromatic carbocycles. The van der Waals surface area contributed by atoms with Gasteiger partial charge >= 0.3 is 6.03 Å². The summed E-state index contributed by atoms with van der Waals surface area (Å²) < 4.78 is 0. The number of primary amides is 1. The van der Waals surface area contributed by atoms with Crippen molar-refractivity contribution in [1.82, 2.24) is 5.43 Å². The Morgan fingerprint density at radius 3 is 2.65 bits per heavy atom. The van der Waals surface area contributed by atoms with Crippen LogP contribution >= 0.6 is 11.6 Å². The molecule has 0 spiro atoms. The van der Waals surface area contributed by atoms with E-state index in [0.717, 1.165) is 6.07 Å². The van der Waals surface area contributed by atoms with Gasteiger partial charge in [-0.15, -0.1) is 0 Å². The first-order valence-corrected chi connectivity index (χ1v) is 5.17. The monoisotopic (exact) mass is 257 g/mol. The molecule has 0 saturated carbocycles. The lowest BCUT2D eigenvalue weighted by Gasteiger charge is -2.08. The number of urea groups is 1. The molecule has 0 radical (unpaired) electrons. The number of halogens is 1. The Labute approximate surface area is 103 Å². The summed E-state index contributed by atoms with van der Waals surface area (Å²) in [5, 5.41) is 22.7. The minimum absolute atomic E-state index is 0.0815. The summed E-state index contributed by atoms with van der Waals surface area (Å²) >= 11 is 5.72. The van der Waals surface area contributed by atoms with Gasteiger partial charge in [0.25, 0.3) is 0 Å². The molecule has 1 rings (SSSR count). The Bertz CT molecular complexity index is 474. The van der Waals surface area contributed by atoms with Crippen LogP contribution in [0.15, 0.2) is 17.2 Å². The predicted octanol–water partition coefficient (Wildman–Crippen LogP) is 1.53. The molecular weight excluding hydrogens is 246 g/mol. The summed E-state index contributed by atoms with van der Waals surface area (Å²) in [6.07, 6.45) is 0.439. The molecule has 5 N–H and O–H groups in total. The van der Waals surface area contributed by atoms with Crippen molar-refractivity contribution in [1.29, 1.82) is 0 Å². The van der Waals surface area contributed by atoms with Gasteiger partial charge in [-0.1, -0.05) is 18.5 Å². The standard InChI is InChI=1S/C10H12ClN3O3/c1-2-7(13-14-10(12)17)5-3-6(11)9(16)4-8(5)15/h3-4,15-16H,2H2,1H3,(H3,12,14,17). The van der Waals surface area contributed by atoms with Crippen molar-refractivity contribution in [2.75, 3.05) is 0 Å². The number of nitrogens with zero attached hydrogens (tertiary/aromatic N) is 1. The highest BCUT2D eigenvalue weighted by Gasteiger charge is 2.12. The number of amides is 2. The Balaban J connectivity index is 3.16. The van der Waals surface area contributed by atoms with E-state index in [1.807, 2.05) is 0 Å². The minimum atomic E-state index is -0.805. The third kappa shape index (κ3) is 3.25. The number of hydrogen-bond acceptors (Lipinski definition) is 4. The molecule has 1 aromatic rings. The number of rotatable bonds is 3. The summed E-state index contributed by atoms with van der Waals surface area (Å²) in [4.78, 5) is 10.5. The molecule has 7 heteroatoms. The third-order valence-corrected chi connectivity index (χ3v) is 2.31.